The van der Waals surface area contributed by atoms with Crippen LogP contribution in [0, 0.1) is 15.9 Å². The summed E-state index contributed by atoms with van der Waals surface area (Å²) in [5.41, 5.74) is 5.33. The van der Waals surface area contributed by atoms with E-state index in [0.717, 1.165) is 6.20 Å². The Labute approximate surface area is 115 Å². The van der Waals surface area contributed by atoms with Gasteiger partial charge >= 0.3 is 5.69 Å². The molecule has 0 atom stereocenters. The minimum absolute atomic E-state index is 0.0979. The second kappa shape index (κ2) is 5.14. The minimum Gasteiger partial charge on any atom is -0.368 e. The summed E-state index contributed by atoms with van der Waals surface area (Å²) in [6.07, 6.45) is 0.986. The largest absolute Gasteiger partial charge is 0.368 e. The van der Waals surface area contributed by atoms with E-state index in [9.17, 15) is 14.5 Å². The number of nitro groups is 1. The Morgan fingerprint density at radius 2 is 2.21 bits per heavy atom. The van der Waals surface area contributed by atoms with Gasteiger partial charge in [0.1, 0.15) is 12.0 Å². The summed E-state index contributed by atoms with van der Waals surface area (Å²) in [5.74, 6) is -0.723. The van der Waals surface area contributed by atoms with Crippen molar-refractivity contribution in [1.82, 2.24) is 9.97 Å². The number of nitrogen functional groups attached to an aromatic ring is 1. The number of aromatic nitrogens is 2. The number of nitrogens with two attached hydrogens (primary N) is 1. The molecule has 7 nitrogen and oxygen atoms in total. The monoisotopic (exact) mass is 327 g/mol. The van der Waals surface area contributed by atoms with Gasteiger partial charge < -0.3 is 11.1 Å². The van der Waals surface area contributed by atoms with E-state index in [1.54, 1.807) is 0 Å². The molecule has 1 aromatic carbocycles. The van der Waals surface area contributed by atoms with Crippen LogP contribution in [0.1, 0.15) is 0 Å². The summed E-state index contributed by atoms with van der Waals surface area (Å²) in [4.78, 5) is 17.4. The van der Waals surface area contributed by atoms with Gasteiger partial charge in [0.05, 0.1) is 9.40 Å². The van der Waals surface area contributed by atoms with Gasteiger partial charge in [-0.3, -0.25) is 10.1 Å². The zero-order valence-electron chi connectivity index (χ0n) is 9.30. The van der Waals surface area contributed by atoms with Crippen molar-refractivity contribution in [2.24, 2.45) is 0 Å². The molecule has 0 radical (unpaired) electrons. The SMILES string of the molecule is Nc1ncc([N+](=O)[O-])c(Nc2ccc(Br)c(F)c2)n1. The topological polar surface area (TPSA) is 107 Å². The predicted molar refractivity (Wildman–Crippen MR) is 70.5 cm³/mol. The zero-order valence-corrected chi connectivity index (χ0v) is 10.9. The maximum absolute atomic E-state index is 13.3. The second-order valence-electron chi connectivity index (χ2n) is 3.47. The molecular formula is C10H7BrFN5O2. The van der Waals surface area contributed by atoms with E-state index in [2.05, 4.69) is 31.2 Å². The number of benzene rings is 1. The van der Waals surface area contributed by atoms with Gasteiger partial charge in [0.25, 0.3) is 0 Å². The van der Waals surface area contributed by atoms with E-state index in [4.69, 9.17) is 5.73 Å². The first kappa shape index (κ1) is 13.1. The maximum Gasteiger partial charge on any atom is 0.329 e. The molecule has 0 saturated carbocycles. The van der Waals surface area contributed by atoms with Gasteiger partial charge in [-0.1, -0.05) is 0 Å². The molecule has 3 N–H and O–H groups in total. The zero-order chi connectivity index (χ0) is 14.0. The molecule has 0 spiro atoms. The van der Waals surface area contributed by atoms with Crippen molar-refractivity contribution in [3.8, 4) is 0 Å². The Hall–Kier alpha value is -2.29. The molecule has 98 valence electrons. The third-order valence-corrected chi connectivity index (χ3v) is 2.81. The predicted octanol–water partition coefficient (Wildman–Crippen LogP) is 2.61. The van der Waals surface area contributed by atoms with Crippen LogP contribution in [0.3, 0.4) is 0 Å². The summed E-state index contributed by atoms with van der Waals surface area (Å²) in [6, 6.07) is 4.18. The average molecular weight is 328 g/mol. The molecule has 0 bridgehead atoms. The molecule has 2 aromatic rings. The fraction of sp³-hybridized carbons (Fsp3) is 0. The minimum atomic E-state index is -0.656. The van der Waals surface area contributed by atoms with Gasteiger partial charge in [-0.15, -0.1) is 0 Å². The lowest BCUT2D eigenvalue weighted by Gasteiger charge is -2.07. The number of rotatable bonds is 3. The Kier molecular flexibility index (Phi) is 3.56. The molecule has 1 heterocycles. The smallest absolute Gasteiger partial charge is 0.329 e. The number of anilines is 3. The number of nitrogens with one attached hydrogen (secondary N) is 1. The molecular weight excluding hydrogens is 321 g/mol. The normalized spacial score (nSPS) is 10.2. The van der Waals surface area contributed by atoms with Crippen molar-refractivity contribution >= 4 is 39.1 Å². The van der Waals surface area contributed by atoms with Crippen molar-refractivity contribution in [2.45, 2.75) is 0 Å². The standard InChI is InChI=1S/C10H7BrFN5O2/c11-6-2-1-5(3-7(6)12)15-9-8(17(18)19)4-14-10(13)16-9/h1-4H,(H3,13,14,15,16). The fourth-order valence-electron chi connectivity index (χ4n) is 1.33. The van der Waals surface area contributed by atoms with Gasteiger partial charge in [0.15, 0.2) is 0 Å². The lowest BCUT2D eigenvalue weighted by Crippen LogP contribution is -2.04. The molecule has 0 aliphatic rings. The van der Waals surface area contributed by atoms with Crippen LogP contribution in [0.4, 0.5) is 27.5 Å². The van der Waals surface area contributed by atoms with Crippen LogP contribution in [0.15, 0.2) is 28.9 Å². The van der Waals surface area contributed by atoms with Crippen molar-refractivity contribution in [3.05, 3.63) is 44.8 Å². The van der Waals surface area contributed by atoms with Crippen LogP contribution in [0.5, 0.6) is 0 Å². The van der Waals surface area contributed by atoms with Gasteiger partial charge in [-0.2, -0.15) is 4.98 Å². The fourth-order valence-corrected chi connectivity index (χ4v) is 1.57. The highest BCUT2D eigenvalue weighted by Crippen LogP contribution is 2.27. The molecule has 0 unspecified atom stereocenters. The molecule has 9 heteroatoms. The second-order valence-corrected chi connectivity index (χ2v) is 4.33. The van der Waals surface area contributed by atoms with Crippen molar-refractivity contribution in [1.29, 1.82) is 0 Å². The van der Waals surface area contributed by atoms with Crippen molar-refractivity contribution in [3.63, 3.8) is 0 Å². The van der Waals surface area contributed by atoms with Crippen LogP contribution in [-0.2, 0) is 0 Å². The first-order valence-corrected chi connectivity index (χ1v) is 5.75. The van der Waals surface area contributed by atoms with Gasteiger partial charge in [-0.05, 0) is 34.1 Å². The van der Waals surface area contributed by atoms with E-state index in [-0.39, 0.29) is 21.9 Å². The van der Waals surface area contributed by atoms with Gasteiger partial charge in [-0.25, -0.2) is 9.37 Å². The van der Waals surface area contributed by atoms with E-state index < -0.39 is 10.7 Å². The average Bonchev–Trinajstić information content (AvgIpc) is 2.33. The van der Waals surface area contributed by atoms with Crippen LogP contribution < -0.4 is 11.1 Å². The molecule has 0 saturated heterocycles. The molecule has 0 aliphatic heterocycles. The Bertz CT molecular complexity index is 652. The summed E-state index contributed by atoms with van der Waals surface area (Å²) < 4.78 is 13.6. The first-order valence-electron chi connectivity index (χ1n) is 4.96. The molecule has 19 heavy (non-hydrogen) atoms. The van der Waals surface area contributed by atoms with Crippen molar-refractivity contribution in [2.75, 3.05) is 11.1 Å². The third kappa shape index (κ3) is 2.94. The van der Waals surface area contributed by atoms with E-state index in [0.29, 0.717) is 5.69 Å². The quantitative estimate of drug-likeness (QED) is 0.662. The number of nitrogens with zero attached hydrogens (tertiary/aromatic N) is 3. The molecule has 2 rings (SSSR count). The number of halogens is 2. The maximum atomic E-state index is 13.3. The lowest BCUT2D eigenvalue weighted by atomic mass is 10.3. The number of hydrogen-bond acceptors (Lipinski definition) is 6. The van der Waals surface area contributed by atoms with E-state index in [1.807, 2.05) is 0 Å². The number of hydrogen-bond donors (Lipinski definition) is 2. The summed E-state index contributed by atoms with van der Waals surface area (Å²) in [7, 11) is 0. The third-order valence-electron chi connectivity index (χ3n) is 2.17. The van der Waals surface area contributed by atoms with Crippen LogP contribution in [0.25, 0.3) is 0 Å². The molecule has 1 aromatic heterocycles. The highest BCUT2D eigenvalue weighted by molar-refractivity contribution is 9.10. The van der Waals surface area contributed by atoms with Gasteiger partial charge in [0.2, 0.25) is 11.8 Å². The Morgan fingerprint density at radius 1 is 1.47 bits per heavy atom. The van der Waals surface area contributed by atoms with Crippen molar-refractivity contribution < 1.29 is 9.31 Å². The van der Waals surface area contributed by atoms with E-state index in [1.165, 1.54) is 18.2 Å². The highest BCUT2D eigenvalue weighted by atomic mass is 79.9. The summed E-state index contributed by atoms with van der Waals surface area (Å²) in [5, 5.41) is 13.4. The Balaban J connectivity index is 2.39. The molecule has 0 amide bonds. The van der Waals surface area contributed by atoms with Gasteiger partial charge in [0, 0.05) is 5.69 Å². The lowest BCUT2D eigenvalue weighted by molar-refractivity contribution is -0.384. The summed E-state index contributed by atoms with van der Waals surface area (Å²) >= 11 is 3.01. The summed E-state index contributed by atoms with van der Waals surface area (Å²) in [6.45, 7) is 0. The Morgan fingerprint density at radius 3 is 2.84 bits per heavy atom. The molecule has 0 aliphatic carbocycles. The molecule has 0 fully saturated rings. The van der Waals surface area contributed by atoms with Crippen LogP contribution >= 0.6 is 15.9 Å². The van der Waals surface area contributed by atoms with E-state index >= 15 is 0 Å². The highest BCUT2D eigenvalue weighted by Gasteiger charge is 2.17. The first-order chi connectivity index (χ1) is 8.97. The van der Waals surface area contributed by atoms with Crippen LogP contribution in [0.2, 0.25) is 0 Å². The van der Waals surface area contributed by atoms with Crippen LogP contribution in [-0.4, -0.2) is 14.9 Å².